The van der Waals surface area contributed by atoms with Crippen LogP contribution in [0, 0.1) is 6.92 Å². The molecule has 1 atom stereocenters. The molecule has 7 rings (SSSR count). The highest BCUT2D eigenvalue weighted by molar-refractivity contribution is 7.09. The first-order valence-corrected chi connectivity index (χ1v) is 16.8. The molecule has 2 aromatic heterocycles. The zero-order chi connectivity index (χ0) is 29.9. The van der Waals surface area contributed by atoms with Gasteiger partial charge in [0.05, 0.1) is 30.8 Å². The molecule has 44 heavy (non-hydrogen) atoms. The highest BCUT2D eigenvalue weighted by Gasteiger charge is 2.29. The van der Waals surface area contributed by atoms with Crippen LogP contribution in [0.25, 0.3) is 10.8 Å². The molecule has 9 heteroatoms. The van der Waals surface area contributed by atoms with E-state index in [1.165, 1.54) is 38.9 Å². The summed E-state index contributed by atoms with van der Waals surface area (Å²) >= 11 is 1.72. The largest absolute Gasteiger partial charge is 0.462 e. The summed E-state index contributed by atoms with van der Waals surface area (Å²) in [5.74, 6) is 1.05. The third kappa shape index (κ3) is 6.23. The standard InChI is InChI=1S/C35H41N7OS/c1-25-7-3-8-26-9-4-12-32(33(25)26)42-19-15-30-31(22-42)38-35(43-23-28-10-5-16-40(28)2)39-34(30)41-17-13-27(14-18-41)37-24-36-21-29-11-6-20-44-29/h3-4,6-9,11-12,20,27-28H,5,10,13-19,21-23H2,1-2H3/t28-/m0/s1. The average Bonchev–Trinajstić information content (AvgIpc) is 3.73. The van der Waals surface area contributed by atoms with Gasteiger partial charge in [-0.2, -0.15) is 9.97 Å². The Bertz CT molecular complexity index is 1650. The number of hydrogen-bond acceptors (Lipinski definition) is 9. The number of aromatic nitrogens is 2. The lowest BCUT2D eigenvalue weighted by Gasteiger charge is -2.36. The second-order valence-electron chi connectivity index (χ2n) is 12.3. The molecule has 0 spiro atoms. The van der Waals surface area contributed by atoms with Crippen molar-refractivity contribution in [1.29, 1.82) is 0 Å². The predicted octanol–water partition coefficient (Wildman–Crippen LogP) is 6.38. The molecule has 2 saturated heterocycles. The number of rotatable bonds is 8. The number of aryl methyl sites for hydroxylation is 1. The number of fused-ring (bicyclic) bond motifs is 2. The van der Waals surface area contributed by atoms with Gasteiger partial charge in [-0.3, -0.25) is 0 Å². The summed E-state index contributed by atoms with van der Waals surface area (Å²) in [6.45, 7) is 8.11. The van der Waals surface area contributed by atoms with Gasteiger partial charge in [0.1, 0.15) is 12.4 Å². The van der Waals surface area contributed by atoms with E-state index in [0.29, 0.717) is 25.2 Å². The van der Waals surface area contributed by atoms with Crippen molar-refractivity contribution in [2.24, 2.45) is 9.98 Å². The van der Waals surface area contributed by atoms with E-state index in [4.69, 9.17) is 14.7 Å². The fourth-order valence-electron chi connectivity index (χ4n) is 6.89. The lowest BCUT2D eigenvalue weighted by molar-refractivity contribution is 0.187. The first kappa shape index (κ1) is 29.0. The highest BCUT2D eigenvalue weighted by atomic mass is 32.1. The molecular formula is C35H41N7OS. The highest BCUT2D eigenvalue weighted by Crippen LogP contribution is 2.36. The van der Waals surface area contributed by atoms with E-state index < -0.39 is 0 Å². The second kappa shape index (κ2) is 13.1. The Hall–Kier alpha value is -3.78. The molecule has 0 N–H and O–H groups in total. The summed E-state index contributed by atoms with van der Waals surface area (Å²) in [6, 6.07) is 21.5. The molecule has 3 aliphatic rings. The molecule has 2 fully saturated rings. The van der Waals surface area contributed by atoms with Crippen molar-refractivity contribution in [1.82, 2.24) is 14.9 Å². The van der Waals surface area contributed by atoms with Crippen molar-refractivity contribution in [3.05, 3.63) is 75.6 Å². The number of benzene rings is 2. The van der Waals surface area contributed by atoms with E-state index in [0.717, 1.165) is 69.9 Å². The van der Waals surface area contributed by atoms with Gasteiger partial charge in [0.2, 0.25) is 0 Å². The van der Waals surface area contributed by atoms with E-state index in [9.17, 15) is 0 Å². The molecule has 228 valence electrons. The van der Waals surface area contributed by atoms with Crippen molar-refractivity contribution in [3.8, 4) is 6.01 Å². The summed E-state index contributed by atoms with van der Waals surface area (Å²) in [5, 5.41) is 4.69. The molecule has 4 aromatic rings. The van der Waals surface area contributed by atoms with Gasteiger partial charge in [0.25, 0.3) is 0 Å². The molecule has 5 heterocycles. The Balaban J connectivity index is 1.12. The summed E-state index contributed by atoms with van der Waals surface area (Å²) in [5.41, 5.74) is 4.94. The smallest absolute Gasteiger partial charge is 0.318 e. The van der Waals surface area contributed by atoms with E-state index in [2.05, 4.69) is 98.6 Å². The summed E-state index contributed by atoms with van der Waals surface area (Å²) in [6.07, 6.45) is 5.21. The van der Waals surface area contributed by atoms with Crippen molar-refractivity contribution in [3.63, 3.8) is 0 Å². The maximum absolute atomic E-state index is 6.36. The summed E-state index contributed by atoms with van der Waals surface area (Å²) in [4.78, 5) is 27.7. The Morgan fingerprint density at radius 3 is 2.64 bits per heavy atom. The molecule has 3 aliphatic heterocycles. The van der Waals surface area contributed by atoms with Crippen LogP contribution in [0.2, 0.25) is 0 Å². The van der Waals surface area contributed by atoms with Gasteiger partial charge in [-0.05, 0) is 81.1 Å². The van der Waals surface area contributed by atoms with Gasteiger partial charge < -0.3 is 19.4 Å². The van der Waals surface area contributed by atoms with Crippen molar-refractivity contribution in [2.75, 3.05) is 49.6 Å². The number of nitrogens with zero attached hydrogens (tertiary/aromatic N) is 7. The second-order valence-corrected chi connectivity index (χ2v) is 13.3. The minimum absolute atomic E-state index is 0.245. The van der Waals surface area contributed by atoms with Gasteiger partial charge in [-0.15, -0.1) is 11.3 Å². The lowest BCUT2D eigenvalue weighted by atomic mass is 9.99. The molecular weight excluding hydrogens is 567 g/mol. The molecule has 0 aliphatic carbocycles. The molecule has 2 aromatic carbocycles. The third-order valence-electron chi connectivity index (χ3n) is 9.42. The SMILES string of the molecule is Cc1cccc2cccc(N3CCc4c(nc(OC[C@@H]5CCCN5C)nc4N4CCC(N=C=NCc5cccs5)CC4)C3)c12. The van der Waals surface area contributed by atoms with Crippen LogP contribution in [0.1, 0.15) is 47.4 Å². The van der Waals surface area contributed by atoms with Gasteiger partial charge in [-0.1, -0.05) is 36.4 Å². The topological polar surface area (TPSA) is 69.5 Å². The van der Waals surface area contributed by atoms with E-state index in [-0.39, 0.29) is 6.04 Å². The minimum Gasteiger partial charge on any atom is -0.462 e. The molecule has 0 bridgehead atoms. The lowest BCUT2D eigenvalue weighted by Crippen LogP contribution is -2.39. The fourth-order valence-corrected chi connectivity index (χ4v) is 7.52. The molecule has 0 unspecified atom stereocenters. The van der Waals surface area contributed by atoms with E-state index in [1.54, 1.807) is 11.3 Å². The third-order valence-corrected chi connectivity index (χ3v) is 10.3. The Labute approximate surface area is 264 Å². The minimum atomic E-state index is 0.245. The monoisotopic (exact) mass is 607 g/mol. The van der Waals surface area contributed by atoms with E-state index in [1.807, 2.05) is 0 Å². The number of anilines is 2. The Morgan fingerprint density at radius 1 is 0.977 bits per heavy atom. The van der Waals surface area contributed by atoms with Crippen LogP contribution in [0.5, 0.6) is 6.01 Å². The maximum atomic E-state index is 6.36. The van der Waals surface area contributed by atoms with Crippen molar-refractivity contribution >= 4 is 39.6 Å². The van der Waals surface area contributed by atoms with Crippen molar-refractivity contribution < 1.29 is 4.74 Å². The predicted molar refractivity (Wildman–Crippen MR) is 180 cm³/mol. The van der Waals surface area contributed by atoms with Crippen LogP contribution in [0.15, 0.2) is 63.9 Å². The van der Waals surface area contributed by atoms with Gasteiger partial charge in [0.15, 0.2) is 0 Å². The maximum Gasteiger partial charge on any atom is 0.318 e. The van der Waals surface area contributed by atoms with Crippen molar-refractivity contribution in [2.45, 2.75) is 64.2 Å². The first-order valence-electron chi connectivity index (χ1n) is 16.0. The average molecular weight is 608 g/mol. The molecule has 0 radical (unpaired) electrons. The summed E-state index contributed by atoms with van der Waals surface area (Å²) in [7, 11) is 2.18. The number of hydrogen-bond donors (Lipinski definition) is 0. The number of likely N-dealkylation sites (tertiary alicyclic amines) is 1. The normalized spacial score (nSPS) is 19.2. The number of thiophene rings is 1. The van der Waals surface area contributed by atoms with Crippen LogP contribution in [0.3, 0.4) is 0 Å². The Kier molecular flexibility index (Phi) is 8.60. The molecule has 0 saturated carbocycles. The number of aliphatic imine (C=N–C) groups is 2. The number of likely N-dealkylation sites (N-methyl/N-ethyl adjacent to an activating group) is 1. The molecule has 0 amide bonds. The number of piperidine rings is 1. The first-order chi connectivity index (χ1) is 21.6. The zero-order valence-electron chi connectivity index (χ0n) is 25.8. The zero-order valence-corrected chi connectivity index (χ0v) is 26.6. The number of ether oxygens (including phenoxy) is 1. The quantitative estimate of drug-likeness (QED) is 0.217. The van der Waals surface area contributed by atoms with Crippen LogP contribution in [-0.2, 0) is 19.5 Å². The van der Waals surface area contributed by atoms with Gasteiger partial charge in [0, 0.05) is 47.2 Å². The summed E-state index contributed by atoms with van der Waals surface area (Å²) < 4.78 is 6.36. The van der Waals surface area contributed by atoms with Crippen LogP contribution >= 0.6 is 11.3 Å². The molecule has 8 nitrogen and oxygen atoms in total. The van der Waals surface area contributed by atoms with Gasteiger partial charge in [-0.25, -0.2) is 9.98 Å². The van der Waals surface area contributed by atoms with Crippen LogP contribution in [0.4, 0.5) is 11.5 Å². The Morgan fingerprint density at radius 2 is 1.84 bits per heavy atom. The van der Waals surface area contributed by atoms with Crippen LogP contribution in [-0.4, -0.2) is 72.8 Å². The fraction of sp³-hybridized carbons (Fsp3) is 0.457. The van der Waals surface area contributed by atoms with Gasteiger partial charge >= 0.3 is 6.01 Å². The van der Waals surface area contributed by atoms with Crippen LogP contribution < -0.4 is 14.5 Å². The van der Waals surface area contributed by atoms with E-state index >= 15 is 0 Å².